The van der Waals surface area contributed by atoms with Crippen LogP contribution in [0, 0.1) is 5.41 Å². The van der Waals surface area contributed by atoms with E-state index in [1.165, 1.54) is 0 Å². The molecule has 0 aliphatic heterocycles. The number of halogens is 1. The predicted octanol–water partition coefficient (Wildman–Crippen LogP) is 2.85. The second-order valence-corrected chi connectivity index (χ2v) is 6.31. The Bertz CT molecular complexity index is 323. The van der Waals surface area contributed by atoms with E-state index in [0.29, 0.717) is 18.4 Å². The first-order valence-corrected chi connectivity index (χ1v) is 8.14. The van der Waals surface area contributed by atoms with Gasteiger partial charge in [0.15, 0.2) is 5.96 Å². The number of hydrogen-bond acceptors (Lipinski definition) is 2. The number of hydrogen-bond donors (Lipinski definition) is 2. The van der Waals surface area contributed by atoms with E-state index in [4.69, 9.17) is 0 Å². The fourth-order valence-electron chi connectivity index (χ4n) is 1.87. The molecule has 22 heavy (non-hydrogen) atoms. The van der Waals surface area contributed by atoms with Crippen LogP contribution >= 0.6 is 24.0 Å². The summed E-state index contributed by atoms with van der Waals surface area (Å²) < 4.78 is 0. The third-order valence-electron chi connectivity index (χ3n) is 3.22. The van der Waals surface area contributed by atoms with Crippen LogP contribution in [0.5, 0.6) is 0 Å². The van der Waals surface area contributed by atoms with E-state index in [0.717, 1.165) is 38.6 Å². The van der Waals surface area contributed by atoms with Gasteiger partial charge >= 0.3 is 0 Å². The largest absolute Gasteiger partial charge is 0.357 e. The highest BCUT2D eigenvalue weighted by Gasteiger charge is 2.10. The third-order valence-corrected chi connectivity index (χ3v) is 3.22. The quantitative estimate of drug-likeness (QED) is 0.357. The van der Waals surface area contributed by atoms with Gasteiger partial charge in [0.2, 0.25) is 5.91 Å². The van der Waals surface area contributed by atoms with Gasteiger partial charge in [0.25, 0.3) is 0 Å². The molecule has 6 heteroatoms. The van der Waals surface area contributed by atoms with Gasteiger partial charge in [-0.2, -0.15) is 0 Å². The van der Waals surface area contributed by atoms with Crippen molar-refractivity contribution in [1.82, 2.24) is 15.5 Å². The summed E-state index contributed by atoms with van der Waals surface area (Å²) in [7, 11) is 0. The maximum atomic E-state index is 11.9. The van der Waals surface area contributed by atoms with Crippen LogP contribution < -0.4 is 10.6 Å². The maximum Gasteiger partial charge on any atom is 0.224 e. The Balaban J connectivity index is 0. The molecule has 5 nitrogen and oxygen atoms in total. The molecule has 0 aromatic carbocycles. The van der Waals surface area contributed by atoms with Crippen LogP contribution in [0.15, 0.2) is 4.99 Å². The monoisotopic (exact) mass is 426 g/mol. The lowest BCUT2D eigenvalue weighted by Gasteiger charge is -2.19. The maximum absolute atomic E-state index is 11.9. The molecule has 0 saturated heterocycles. The Morgan fingerprint density at radius 2 is 1.68 bits per heavy atom. The number of guanidine groups is 1. The van der Waals surface area contributed by atoms with Gasteiger partial charge in [-0.25, -0.2) is 0 Å². The van der Waals surface area contributed by atoms with Gasteiger partial charge in [-0.05, 0) is 32.6 Å². The Morgan fingerprint density at radius 3 is 2.14 bits per heavy atom. The van der Waals surface area contributed by atoms with Crippen molar-refractivity contribution in [2.24, 2.45) is 10.4 Å². The normalized spacial score (nSPS) is 11.6. The van der Waals surface area contributed by atoms with E-state index >= 15 is 0 Å². The highest BCUT2D eigenvalue weighted by atomic mass is 127. The Kier molecular flexibility index (Phi) is 14.0. The molecular weight excluding hydrogens is 391 g/mol. The minimum Gasteiger partial charge on any atom is -0.357 e. The average molecular weight is 426 g/mol. The van der Waals surface area contributed by atoms with E-state index in [-0.39, 0.29) is 29.9 Å². The molecule has 0 aromatic rings. The second-order valence-electron chi connectivity index (χ2n) is 6.31. The third kappa shape index (κ3) is 12.1. The molecule has 0 aliphatic carbocycles. The molecular formula is C16H35IN4O. The Hall–Kier alpha value is -0.530. The van der Waals surface area contributed by atoms with Gasteiger partial charge in [0.05, 0.1) is 0 Å². The second kappa shape index (κ2) is 13.0. The smallest absolute Gasteiger partial charge is 0.224 e. The minimum atomic E-state index is 0. The molecule has 1 amide bonds. The van der Waals surface area contributed by atoms with Crippen molar-refractivity contribution in [1.29, 1.82) is 0 Å². The minimum absolute atomic E-state index is 0. The lowest BCUT2D eigenvalue weighted by molar-refractivity contribution is -0.130. The van der Waals surface area contributed by atoms with E-state index < -0.39 is 0 Å². The predicted molar refractivity (Wildman–Crippen MR) is 106 cm³/mol. The zero-order chi connectivity index (χ0) is 16.3. The summed E-state index contributed by atoms with van der Waals surface area (Å²) in [6.45, 7) is 16.5. The van der Waals surface area contributed by atoms with Crippen LogP contribution in [-0.2, 0) is 4.79 Å². The van der Waals surface area contributed by atoms with Crippen molar-refractivity contribution >= 4 is 35.8 Å². The summed E-state index contributed by atoms with van der Waals surface area (Å²) in [5, 5.41) is 6.45. The molecule has 0 radical (unpaired) electrons. The van der Waals surface area contributed by atoms with Crippen LogP contribution in [0.1, 0.15) is 54.4 Å². The Morgan fingerprint density at radius 1 is 1.09 bits per heavy atom. The molecule has 0 rings (SSSR count). The first-order valence-electron chi connectivity index (χ1n) is 8.14. The van der Waals surface area contributed by atoms with Crippen LogP contribution in [0.4, 0.5) is 0 Å². The molecule has 0 heterocycles. The van der Waals surface area contributed by atoms with Crippen LogP contribution in [0.2, 0.25) is 0 Å². The van der Waals surface area contributed by atoms with Gasteiger partial charge < -0.3 is 15.5 Å². The van der Waals surface area contributed by atoms with Crippen molar-refractivity contribution in [2.75, 3.05) is 32.7 Å². The van der Waals surface area contributed by atoms with Crippen molar-refractivity contribution in [2.45, 2.75) is 54.4 Å². The first kappa shape index (κ1) is 23.7. The number of nitrogens with one attached hydrogen (secondary N) is 2. The molecule has 132 valence electrons. The number of rotatable bonds is 8. The van der Waals surface area contributed by atoms with Crippen LogP contribution in [-0.4, -0.2) is 49.5 Å². The van der Waals surface area contributed by atoms with Crippen LogP contribution in [0.3, 0.4) is 0 Å². The lowest BCUT2D eigenvalue weighted by Crippen LogP contribution is -2.40. The van der Waals surface area contributed by atoms with Gasteiger partial charge in [0, 0.05) is 39.1 Å². The van der Waals surface area contributed by atoms with Crippen molar-refractivity contribution in [3.63, 3.8) is 0 Å². The van der Waals surface area contributed by atoms with Crippen molar-refractivity contribution in [3.05, 3.63) is 0 Å². The standard InChI is InChI=1S/C16H34N4O.HI/c1-7-17-15(19-13-11-16(4,5)6)18-12-10-14(21)20(8-2)9-3;/h7-13H2,1-6H3,(H2,17,18,19);1H. The highest BCUT2D eigenvalue weighted by molar-refractivity contribution is 14.0. The number of amides is 1. The summed E-state index contributed by atoms with van der Waals surface area (Å²) in [5.74, 6) is 0.993. The Labute approximate surface area is 153 Å². The van der Waals surface area contributed by atoms with Gasteiger partial charge in [-0.1, -0.05) is 20.8 Å². The van der Waals surface area contributed by atoms with Gasteiger partial charge in [-0.3, -0.25) is 9.79 Å². The number of carbonyl (C=O) groups is 1. The average Bonchev–Trinajstić information content (AvgIpc) is 2.38. The van der Waals surface area contributed by atoms with E-state index in [2.05, 4.69) is 36.4 Å². The molecule has 2 N–H and O–H groups in total. The van der Waals surface area contributed by atoms with E-state index in [9.17, 15) is 4.79 Å². The molecule has 0 aromatic heterocycles. The first-order chi connectivity index (χ1) is 9.84. The zero-order valence-corrected chi connectivity index (χ0v) is 17.5. The molecule has 0 aliphatic rings. The highest BCUT2D eigenvalue weighted by Crippen LogP contribution is 2.17. The van der Waals surface area contributed by atoms with Crippen molar-refractivity contribution < 1.29 is 4.79 Å². The number of aliphatic imine (C=N–C) groups is 1. The summed E-state index contributed by atoms with van der Waals surface area (Å²) in [5.41, 5.74) is 0.291. The van der Waals surface area contributed by atoms with Gasteiger partial charge in [0.1, 0.15) is 0 Å². The topological polar surface area (TPSA) is 56.7 Å². The van der Waals surface area contributed by atoms with E-state index in [1.807, 2.05) is 25.7 Å². The molecule has 0 saturated carbocycles. The lowest BCUT2D eigenvalue weighted by atomic mass is 9.93. The van der Waals surface area contributed by atoms with Gasteiger partial charge in [-0.15, -0.1) is 24.0 Å². The van der Waals surface area contributed by atoms with E-state index in [1.54, 1.807) is 0 Å². The fourth-order valence-corrected chi connectivity index (χ4v) is 1.87. The molecule has 0 spiro atoms. The fraction of sp³-hybridized carbons (Fsp3) is 0.875. The molecule has 0 atom stereocenters. The number of carbonyl (C=O) groups excluding carboxylic acids is 1. The summed E-state index contributed by atoms with van der Waals surface area (Å²) in [4.78, 5) is 18.3. The molecule has 0 bridgehead atoms. The zero-order valence-electron chi connectivity index (χ0n) is 15.2. The summed E-state index contributed by atoms with van der Waals surface area (Å²) in [6, 6.07) is 0. The van der Waals surface area contributed by atoms with Crippen molar-refractivity contribution in [3.8, 4) is 0 Å². The molecule has 0 unspecified atom stereocenters. The summed E-state index contributed by atoms with van der Waals surface area (Å²) >= 11 is 0. The SMILES string of the molecule is CCNC(=NCCC(C)(C)C)NCCC(=O)N(CC)CC.I. The summed E-state index contributed by atoms with van der Waals surface area (Å²) in [6.07, 6.45) is 1.55. The van der Waals surface area contributed by atoms with Crippen LogP contribution in [0.25, 0.3) is 0 Å². The number of nitrogens with zero attached hydrogens (tertiary/aromatic N) is 2. The molecule has 0 fully saturated rings.